The van der Waals surface area contributed by atoms with E-state index in [9.17, 15) is 17.7 Å². The number of rotatable bonds is 3. The molecule has 0 saturated carbocycles. The molecule has 1 rings (SSSR count). The maximum absolute atomic E-state index is 12.8. The minimum absolute atomic E-state index is 0.0165. The molecule has 7 heteroatoms. The molecule has 1 aromatic rings. The fourth-order valence-electron chi connectivity index (χ4n) is 1.29. The van der Waals surface area contributed by atoms with E-state index in [1.165, 1.54) is 24.5 Å². The summed E-state index contributed by atoms with van der Waals surface area (Å²) < 4.78 is 50.1. The van der Waals surface area contributed by atoms with Crippen LogP contribution >= 0.6 is 23.4 Å². The Morgan fingerprint density at radius 1 is 1.44 bits per heavy atom. The first kappa shape index (κ1) is 15.8. The first-order valence-electron chi connectivity index (χ1n) is 4.71. The Labute approximate surface area is 116 Å². The Hall–Kier alpha value is -0.300. The Morgan fingerprint density at radius 3 is 2.50 bits per heavy atom. The van der Waals surface area contributed by atoms with Crippen molar-refractivity contribution in [2.45, 2.75) is 6.18 Å². The number of halogens is 4. The summed E-state index contributed by atoms with van der Waals surface area (Å²) in [5.41, 5.74) is -0.863. The standard InChI is InChI=1S/C11H10ClF3OS2/c1-17-10(18(2)16)5-7-3-4-8(12)6-9(7)11(13,14)15/h3-6H,1-2H3/b10-5-. The molecule has 1 aromatic carbocycles. The van der Waals surface area contributed by atoms with Crippen LogP contribution in [0.5, 0.6) is 0 Å². The van der Waals surface area contributed by atoms with E-state index in [0.717, 1.165) is 17.8 Å². The molecule has 18 heavy (non-hydrogen) atoms. The Morgan fingerprint density at radius 2 is 2.06 bits per heavy atom. The average molecular weight is 315 g/mol. The Bertz CT molecular complexity index is 458. The molecule has 0 saturated heterocycles. The number of hydrogen-bond acceptors (Lipinski definition) is 2. The van der Waals surface area contributed by atoms with Crippen molar-refractivity contribution in [1.82, 2.24) is 0 Å². The highest BCUT2D eigenvalue weighted by atomic mass is 35.5. The van der Waals surface area contributed by atoms with Crippen molar-refractivity contribution in [3.05, 3.63) is 38.6 Å². The van der Waals surface area contributed by atoms with Crippen LogP contribution in [0, 0.1) is 0 Å². The fourth-order valence-corrected chi connectivity index (χ4v) is 2.93. The first-order valence-corrected chi connectivity index (χ1v) is 7.87. The summed E-state index contributed by atoms with van der Waals surface area (Å²) in [4.78, 5) is 0. The first-order chi connectivity index (χ1) is 8.25. The molecule has 1 unspecified atom stereocenters. The summed E-state index contributed by atoms with van der Waals surface area (Å²) in [6.07, 6.45) is -0.128. The number of alkyl halides is 3. The molecule has 1 nitrogen and oxygen atoms in total. The van der Waals surface area contributed by atoms with Crippen LogP contribution in [-0.2, 0) is 17.4 Å². The molecule has 0 bridgehead atoms. The van der Waals surface area contributed by atoms with Gasteiger partial charge in [-0.15, -0.1) is 0 Å². The topological polar surface area (TPSA) is 23.1 Å². The molecule has 0 fully saturated rings. The van der Waals surface area contributed by atoms with Gasteiger partial charge in [0.05, 0.1) is 5.56 Å². The van der Waals surface area contributed by atoms with Gasteiger partial charge in [0, 0.05) is 11.1 Å². The second-order valence-electron chi connectivity index (χ2n) is 3.35. The lowest BCUT2D eigenvalue weighted by atomic mass is 10.1. The second-order valence-corrected chi connectivity index (χ2v) is 6.24. The van der Waals surface area contributed by atoms with E-state index in [1.807, 2.05) is 0 Å². The van der Waals surface area contributed by atoms with Crippen molar-refractivity contribution < 1.29 is 17.7 Å². The third-order valence-corrected chi connectivity index (χ3v) is 4.72. The van der Waals surface area contributed by atoms with E-state index < -0.39 is 22.9 Å². The van der Waals surface area contributed by atoms with E-state index in [-0.39, 0.29) is 10.6 Å². The monoisotopic (exact) mass is 314 g/mol. The van der Waals surface area contributed by atoms with Crippen LogP contribution in [0.15, 0.2) is 22.4 Å². The van der Waals surface area contributed by atoms with Crippen LogP contribution in [0.25, 0.3) is 6.08 Å². The number of hydrogen-bond donors (Lipinski definition) is 0. The van der Waals surface area contributed by atoms with Crippen LogP contribution in [0.3, 0.4) is 0 Å². The van der Waals surface area contributed by atoms with Gasteiger partial charge in [0.2, 0.25) is 0 Å². The van der Waals surface area contributed by atoms with Gasteiger partial charge in [-0.25, -0.2) is 0 Å². The van der Waals surface area contributed by atoms with E-state index in [4.69, 9.17) is 11.6 Å². The van der Waals surface area contributed by atoms with Gasteiger partial charge < -0.3 is 4.55 Å². The van der Waals surface area contributed by atoms with Gasteiger partial charge in [-0.05, 0) is 35.1 Å². The smallest absolute Gasteiger partial charge is 0.417 e. The van der Waals surface area contributed by atoms with Crippen LogP contribution in [0.2, 0.25) is 5.02 Å². The predicted octanol–water partition coefficient (Wildman–Crippen LogP) is 4.40. The molecule has 0 aromatic heterocycles. The molecule has 1 atom stereocenters. The van der Waals surface area contributed by atoms with Gasteiger partial charge in [0.25, 0.3) is 0 Å². The highest BCUT2D eigenvalue weighted by Gasteiger charge is 2.33. The molecule has 0 aliphatic heterocycles. The zero-order valence-electron chi connectivity index (χ0n) is 9.55. The van der Waals surface area contributed by atoms with Gasteiger partial charge >= 0.3 is 6.18 Å². The summed E-state index contributed by atoms with van der Waals surface area (Å²) in [5, 5.41) is 0.0165. The summed E-state index contributed by atoms with van der Waals surface area (Å²) in [5.74, 6) is 0. The molecule has 0 amide bonds. The Kier molecular flexibility index (Phi) is 5.46. The minimum atomic E-state index is -4.49. The molecule has 0 aliphatic carbocycles. The van der Waals surface area contributed by atoms with Crippen molar-refractivity contribution in [3.63, 3.8) is 0 Å². The van der Waals surface area contributed by atoms with E-state index in [0.29, 0.717) is 4.24 Å². The molecule has 0 spiro atoms. The average Bonchev–Trinajstić information content (AvgIpc) is 2.25. The molecule has 0 heterocycles. The van der Waals surface area contributed by atoms with Gasteiger partial charge in [-0.2, -0.15) is 13.2 Å². The van der Waals surface area contributed by atoms with Crippen molar-refractivity contribution in [2.24, 2.45) is 0 Å². The lowest BCUT2D eigenvalue weighted by molar-refractivity contribution is -0.137. The van der Waals surface area contributed by atoms with E-state index in [1.54, 1.807) is 6.26 Å². The van der Waals surface area contributed by atoms with Crippen LogP contribution in [0.4, 0.5) is 13.2 Å². The third kappa shape index (κ3) is 4.12. The van der Waals surface area contributed by atoms with Crippen molar-refractivity contribution >= 4 is 40.6 Å². The zero-order valence-corrected chi connectivity index (χ0v) is 11.9. The molecule has 0 N–H and O–H groups in total. The maximum Gasteiger partial charge on any atom is 0.417 e. The van der Waals surface area contributed by atoms with Gasteiger partial charge in [0.15, 0.2) is 4.24 Å². The van der Waals surface area contributed by atoms with Gasteiger partial charge in [0.1, 0.15) is 6.26 Å². The molecule has 0 aliphatic rings. The van der Waals surface area contributed by atoms with Crippen molar-refractivity contribution in [1.29, 1.82) is 0 Å². The Balaban J connectivity index is 3.33. The molecular formula is C11H10ClF3OS2. The lowest BCUT2D eigenvalue weighted by Crippen LogP contribution is -2.08. The number of benzene rings is 1. The molecular weight excluding hydrogens is 305 g/mol. The predicted molar refractivity (Wildman–Crippen MR) is 72.0 cm³/mol. The van der Waals surface area contributed by atoms with Gasteiger partial charge in [-0.3, -0.25) is 0 Å². The van der Waals surface area contributed by atoms with Crippen LogP contribution in [-0.4, -0.2) is 17.1 Å². The SMILES string of the molecule is CS/C(=C/c1ccc(Cl)cc1C(F)(F)F)[S+](C)[O-]. The van der Waals surface area contributed by atoms with Gasteiger partial charge in [-0.1, -0.05) is 29.4 Å². The quantitative estimate of drug-likeness (QED) is 0.772. The van der Waals surface area contributed by atoms with Crippen LogP contribution < -0.4 is 0 Å². The summed E-state index contributed by atoms with van der Waals surface area (Å²) in [6.45, 7) is 0. The fraction of sp³-hybridized carbons (Fsp3) is 0.273. The van der Waals surface area contributed by atoms with Crippen molar-refractivity contribution in [3.8, 4) is 0 Å². The summed E-state index contributed by atoms with van der Waals surface area (Å²) >= 11 is 5.41. The molecule has 0 radical (unpaired) electrons. The highest BCUT2D eigenvalue weighted by molar-refractivity contribution is 8.18. The lowest BCUT2D eigenvalue weighted by Gasteiger charge is -2.12. The van der Waals surface area contributed by atoms with Crippen LogP contribution in [0.1, 0.15) is 11.1 Å². The highest BCUT2D eigenvalue weighted by Crippen LogP contribution is 2.35. The van der Waals surface area contributed by atoms with E-state index in [2.05, 4.69) is 0 Å². The summed E-state index contributed by atoms with van der Waals surface area (Å²) in [6, 6.07) is 3.51. The zero-order chi connectivity index (χ0) is 13.9. The molecule has 100 valence electrons. The van der Waals surface area contributed by atoms with E-state index >= 15 is 0 Å². The second kappa shape index (κ2) is 6.23. The summed E-state index contributed by atoms with van der Waals surface area (Å²) in [7, 11) is 0. The third-order valence-electron chi connectivity index (χ3n) is 2.08. The van der Waals surface area contributed by atoms with Crippen molar-refractivity contribution in [2.75, 3.05) is 12.5 Å². The maximum atomic E-state index is 12.8. The normalized spacial score (nSPS) is 14.7. The largest absolute Gasteiger partial charge is 0.611 e. The number of thioether (sulfide) groups is 1. The minimum Gasteiger partial charge on any atom is -0.611 e.